The van der Waals surface area contributed by atoms with Crippen LogP contribution in [0.1, 0.15) is 30.9 Å². The summed E-state index contributed by atoms with van der Waals surface area (Å²) in [5.74, 6) is 0.263. The SMILES string of the molecule is CN(C)C(=O)CN=C(NCC1CCCCO1)NCC(c1ccc(F)cc1)N1CCOCC1.I. The summed E-state index contributed by atoms with van der Waals surface area (Å²) in [7, 11) is 3.44. The van der Waals surface area contributed by atoms with Crippen LogP contribution in [0.2, 0.25) is 0 Å². The number of hydrogen-bond acceptors (Lipinski definition) is 5. The smallest absolute Gasteiger partial charge is 0.243 e. The fourth-order valence-electron chi connectivity index (χ4n) is 3.87. The average molecular weight is 577 g/mol. The summed E-state index contributed by atoms with van der Waals surface area (Å²) in [6.07, 6.45) is 3.43. The molecule has 0 aromatic heterocycles. The summed E-state index contributed by atoms with van der Waals surface area (Å²) < 4.78 is 24.8. The Morgan fingerprint density at radius 2 is 1.91 bits per heavy atom. The minimum Gasteiger partial charge on any atom is -0.379 e. The normalized spacial score (nSPS) is 20.5. The minimum absolute atomic E-state index is 0. The number of halogens is 2. The standard InChI is InChI=1S/C23H36FN5O3.HI/c1-28(2)22(30)17-27-23(25-15-20-5-3-4-12-32-20)26-16-21(29-10-13-31-14-11-29)18-6-8-19(24)9-7-18;/h6-9,20-21H,3-5,10-17H2,1-2H3,(H2,25,26,27);1H. The number of hydrogen-bond donors (Lipinski definition) is 2. The van der Waals surface area contributed by atoms with Gasteiger partial charge in [0.25, 0.3) is 0 Å². The van der Waals surface area contributed by atoms with Gasteiger partial charge in [-0.25, -0.2) is 9.38 Å². The zero-order chi connectivity index (χ0) is 22.8. The van der Waals surface area contributed by atoms with Crippen molar-refractivity contribution in [3.05, 3.63) is 35.6 Å². The van der Waals surface area contributed by atoms with Gasteiger partial charge in [0.2, 0.25) is 5.91 Å². The van der Waals surface area contributed by atoms with Crippen LogP contribution in [0.15, 0.2) is 29.3 Å². The summed E-state index contributed by atoms with van der Waals surface area (Å²) in [5.41, 5.74) is 1.03. The third kappa shape index (κ3) is 9.34. The van der Waals surface area contributed by atoms with Gasteiger partial charge in [-0.15, -0.1) is 24.0 Å². The summed E-state index contributed by atoms with van der Waals surface area (Å²) in [6.45, 7) is 5.01. The molecule has 0 bridgehead atoms. The molecule has 186 valence electrons. The Hall–Kier alpha value is -1.50. The lowest BCUT2D eigenvalue weighted by Crippen LogP contribution is -2.48. The maximum atomic E-state index is 13.5. The predicted octanol–water partition coefficient (Wildman–Crippen LogP) is 2.01. The number of rotatable bonds is 8. The molecule has 2 N–H and O–H groups in total. The number of morpholine rings is 1. The number of carbonyl (C=O) groups is 1. The third-order valence-electron chi connectivity index (χ3n) is 5.85. The van der Waals surface area contributed by atoms with Gasteiger partial charge in [-0.2, -0.15) is 0 Å². The van der Waals surface area contributed by atoms with Crippen LogP contribution in [0.4, 0.5) is 4.39 Å². The van der Waals surface area contributed by atoms with Crippen LogP contribution >= 0.6 is 24.0 Å². The molecule has 10 heteroatoms. The Labute approximate surface area is 213 Å². The van der Waals surface area contributed by atoms with Crippen molar-refractivity contribution in [3.63, 3.8) is 0 Å². The van der Waals surface area contributed by atoms with E-state index in [0.29, 0.717) is 32.3 Å². The first-order valence-corrected chi connectivity index (χ1v) is 11.4. The first kappa shape index (κ1) is 27.7. The van der Waals surface area contributed by atoms with Gasteiger partial charge in [0.1, 0.15) is 12.4 Å². The van der Waals surface area contributed by atoms with Crippen LogP contribution in [-0.4, -0.2) is 94.4 Å². The quantitative estimate of drug-likeness (QED) is 0.280. The van der Waals surface area contributed by atoms with E-state index >= 15 is 0 Å². The summed E-state index contributed by atoms with van der Waals surface area (Å²) >= 11 is 0. The maximum absolute atomic E-state index is 13.5. The molecule has 0 spiro atoms. The number of carbonyl (C=O) groups excluding carboxylic acids is 1. The van der Waals surface area contributed by atoms with Gasteiger partial charge >= 0.3 is 0 Å². The van der Waals surface area contributed by atoms with E-state index in [9.17, 15) is 9.18 Å². The molecule has 2 atom stereocenters. The zero-order valence-electron chi connectivity index (χ0n) is 19.6. The Kier molecular flexibility index (Phi) is 12.4. The van der Waals surface area contributed by atoms with Crippen molar-refractivity contribution in [1.29, 1.82) is 0 Å². The number of nitrogens with zero attached hydrogens (tertiary/aromatic N) is 3. The highest BCUT2D eigenvalue weighted by Crippen LogP contribution is 2.21. The second-order valence-electron chi connectivity index (χ2n) is 8.42. The molecule has 2 aliphatic rings. The molecular weight excluding hydrogens is 540 g/mol. The Balaban J connectivity index is 0.00000385. The molecule has 0 aliphatic carbocycles. The molecule has 2 unspecified atom stereocenters. The topological polar surface area (TPSA) is 78.4 Å². The van der Waals surface area contributed by atoms with E-state index in [0.717, 1.165) is 44.5 Å². The number of ether oxygens (including phenoxy) is 2. The van der Waals surface area contributed by atoms with Gasteiger partial charge < -0.3 is 25.0 Å². The van der Waals surface area contributed by atoms with E-state index in [1.54, 1.807) is 14.1 Å². The second-order valence-corrected chi connectivity index (χ2v) is 8.42. The first-order valence-electron chi connectivity index (χ1n) is 11.4. The lowest BCUT2D eigenvalue weighted by molar-refractivity contribution is -0.127. The molecule has 0 radical (unpaired) electrons. The van der Waals surface area contributed by atoms with Crippen LogP contribution in [0.5, 0.6) is 0 Å². The maximum Gasteiger partial charge on any atom is 0.243 e. The zero-order valence-corrected chi connectivity index (χ0v) is 21.9. The lowest BCUT2D eigenvalue weighted by atomic mass is 10.0. The van der Waals surface area contributed by atoms with E-state index < -0.39 is 0 Å². The van der Waals surface area contributed by atoms with E-state index in [1.807, 2.05) is 12.1 Å². The molecule has 2 fully saturated rings. The Bertz CT molecular complexity index is 738. The number of benzene rings is 1. The highest BCUT2D eigenvalue weighted by Gasteiger charge is 2.23. The molecule has 1 amide bonds. The van der Waals surface area contributed by atoms with Crippen LogP contribution < -0.4 is 10.6 Å². The van der Waals surface area contributed by atoms with E-state index in [4.69, 9.17) is 9.47 Å². The molecule has 1 aromatic rings. The summed E-state index contributed by atoms with van der Waals surface area (Å²) in [4.78, 5) is 20.4. The highest BCUT2D eigenvalue weighted by atomic mass is 127. The fourth-order valence-corrected chi connectivity index (χ4v) is 3.87. The van der Waals surface area contributed by atoms with E-state index in [2.05, 4.69) is 20.5 Å². The number of guanidine groups is 1. The van der Waals surface area contributed by atoms with Crippen molar-refractivity contribution < 1.29 is 18.7 Å². The van der Waals surface area contributed by atoms with Gasteiger partial charge in [0, 0.05) is 46.9 Å². The van der Waals surface area contributed by atoms with Crippen LogP contribution in [0.25, 0.3) is 0 Å². The number of amides is 1. The monoisotopic (exact) mass is 577 g/mol. The van der Waals surface area contributed by atoms with Crippen LogP contribution in [-0.2, 0) is 14.3 Å². The molecule has 2 aliphatic heterocycles. The van der Waals surface area contributed by atoms with Crippen LogP contribution in [0, 0.1) is 5.82 Å². The van der Waals surface area contributed by atoms with Crippen molar-refractivity contribution in [2.45, 2.75) is 31.4 Å². The highest BCUT2D eigenvalue weighted by molar-refractivity contribution is 14.0. The van der Waals surface area contributed by atoms with Gasteiger partial charge in [0.15, 0.2) is 5.96 Å². The third-order valence-corrected chi connectivity index (χ3v) is 5.85. The Morgan fingerprint density at radius 3 is 2.55 bits per heavy atom. The van der Waals surface area contributed by atoms with Crippen molar-refractivity contribution in [2.75, 3.05) is 66.6 Å². The van der Waals surface area contributed by atoms with Gasteiger partial charge in [-0.05, 0) is 37.0 Å². The predicted molar refractivity (Wildman–Crippen MR) is 138 cm³/mol. The number of nitrogens with one attached hydrogen (secondary N) is 2. The first-order chi connectivity index (χ1) is 15.5. The summed E-state index contributed by atoms with van der Waals surface area (Å²) in [5, 5.41) is 6.74. The number of aliphatic imine (C=N–C) groups is 1. The van der Waals surface area contributed by atoms with Crippen LogP contribution in [0.3, 0.4) is 0 Å². The molecule has 2 heterocycles. The molecule has 2 saturated heterocycles. The van der Waals surface area contributed by atoms with Gasteiger partial charge in [-0.3, -0.25) is 9.69 Å². The van der Waals surface area contributed by atoms with Crippen molar-refractivity contribution in [2.24, 2.45) is 4.99 Å². The van der Waals surface area contributed by atoms with Crippen molar-refractivity contribution in [1.82, 2.24) is 20.4 Å². The second kappa shape index (κ2) is 14.7. The van der Waals surface area contributed by atoms with Crippen molar-refractivity contribution in [3.8, 4) is 0 Å². The van der Waals surface area contributed by atoms with Gasteiger partial charge in [-0.1, -0.05) is 12.1 Å². The lowest BCUT2D eigenvalue weighted by Gasteiger charge is -2.35. The largest absolute Gasteiger partial charge is 0.379 e. The molecule has 8 nitrogen and oxygen atoms in total. The molecule has 1 aromatic carbocycles. The molecule has 3 rings (SSSR count). The average Bonchev–Trinajstić information content (AvgIpc) is 2.82. The van der Waals surface area contributed by atoms with Gasteiger partial charge in [0.05, 0.1) is 25.4 Å². The Morgan fingerprint density at radius 1 is 1.18 bits per heavy atom. The fraction of sp³-hybridized carbons (Fsp3) is 0.652. The summed E-state index contributed by atoms with van der Waals surface area (Å²) in [6, 6.07) is 6.67. The van der Waals surface area contributed by atoms with E-state index in [1.165, 1.54) is 17.0 Å². The molecule has 0 saturated carbocycles. The molecule has 33 heavy (non-hydrogen) atoms. The molecular formula is C23H37FIN5O3. The van der Waals surface area contributed by atoms with E-state index in [-0.39, 0.29) is 54.4 Å². The van der Waals surface area contributed by atoms with Crippen molar-refractivity contribution >= 4 is 35.8 Å². The minimum atomic E-state index is -0.249. The number of likely N-dealkylation sites (N-methyl/N-ethyl adjacent to an activating group) is 1.